The molecule has 12 heteroatoms. The Morgan fingerprint density at radius 2 is 1.96 bits per heavy atom. The van der Waals surface area contributed by atoms with E-state index in [4.69, 9.17) is 0 Å². The molecule has 27 heavy (non-hydrogen) atoms. The lowest BCUT2D eigenvalue weighted by atomic mass is 10.2. The highest BCUT2D eigenvalue weighted by molar-refractivity contribution is 5.85. The number of aromatic amines is 1. The van der Waals surface area contributed by atoms with Crippen LogP contribution in [0, 0.1) is 10.1 Å². The van der Waals surface area contributed by atoms with Crippen LogP contribution in [0.3, 0.4) is 0 Å². The molecule has 3 rings (SSSR count). The summed E-state index contributed by atoms with van der Waals surface area (Å²) in [4.78, 5) is 43.2. The Morgan fingerprint density at radius 3 is 2.52 bits per heavy atom. The minimum Gasteiger partial charge on any atom is -0.316 e. The van der Waals surface area contributed by atoms with E-state index in [0.717, 1.165) is 0 Å². The number of imidazole rings is 1. The first-order valence-electron chi connectivity index (χ1n) is 7.47. The van der Waals surface area contributed by atoms with Crippen LogP contribution in [-0.2, 0) is 6.54 Å². The number of H-pyrrole nitrogens is 1. The largest absolute Gasteiger partial charge is 0.316 e. The first kappa shape index (κ1) is 22.4. The van der Waals surface area contributed by atoms with E-state index in [1.54, 1.807) is 6.20 Å². The predicted octanol–water partition coefficient (Wildman–Crippen LogP) is 1.19. The molecule has 1 N–H and O–H groups in total. The van der Waals surface area contributed by atoms with Crippen molar-refractivity contribution in [2.45, 2.75) is 6.54 Å². The molecule has 0 saturated heterocycles. The Balaban J connectivity index is 0.00000182. The second-order valence-electron chi connectivity index (χ2n) is 5.80. The highest BCUT2D eigenvalue weighted by atomic mass is 35.5. The van der Waals surface area contributed by atoms with Crippen LogP contribution in [0.2, 0.25) is 0 Å². The fraction of sp³-hybridized carbons (Fsp3) is 0.267. The number of aromatic nitrogens is 4. The Labute approximate surface area is 165 Å². The van der Waals surface area contributed by atoms with Gasteiger partial charge in [0.05, 0.1) is 22.3 Å². The molecule has 2 heterocycles. The Hall–Kier alpha value is -2.69. The predicted molar refractivity (Wildman–Crippen MR) is 106 cm³/mol. The third-order valence-corrected chi connectivity index (χ3v) is 3.82. The van der Waals surface area contributed by atoms with Crippen molar-refractivity contribution in [2.75, 3.05) is 20.6 Å². The second-order valence-corrected chi connectivity index (χ2v) is 5.80. The summed E-state index contributed by atoms with van der Waals surface area (Å²) in [6.45, 7) is 0.823. The van der Waals surface area contributed by atoms with Crippen molar-refractivity contribution in [3.63, 3.8) is 0 Å². The van der Waals surface area contributed by atoms with Gasteiger partial charge in [-0.1, -0.05) is 0 Å². The molecule has 0 radical (unpaired) electrons. The van der Waals surface area contributed by atoms with Crippen molar-refractivity contribution in [2.24, 2.45) is 0 Å². The van der Waals surface area contributed by atoms with Gasteiger partial charge in [0.2, 0.25) is 0 Å². The number of nitro groups is 1. The van der Waals surface area contributed by atoms with Gasteiger partial charge in [0.15, 0.2) is 0 Å². The normalized spacial score (nSPS) is 10.5. The number of hydrogen-bond acceptors (Lipinski definition) is 6. The number of halogens is 2. The van der Waals surface area contributed by atoms with Crippen LogP contribution in [-0.4, -0.2) is 49.6 Å². The van der Waals surface area contributed by atoms with Crippen LogP contribution in [0.4, 0.5) is 5.69 Å². The molecule has 2 aromatic heterocycles. The molecule has 10 nitrogen and oxygen atoms in total. The number of benzene rings is 1. The van der Waals surface area contributed by atoms with E-state index in [9.17, 15) is 19.7 Å². The highest BCUT2D eigenvalue weighted by Crippen LogP contribution is 2.27. The molecular weight excluding hydrogens is 399 g/mol. The molecule has 0 atom stereocenters. The number of hydrogen-bond donors (Lipinski definition) is 1. The molecule has 0 aliphatic rings. The van der Waals surface area contributed by atoms with Gasteiger partial charge in [0.25, 0.3) is 5.69 Å². The van der Waals surface area contributed by atoms with Gasteiger partial charge in [0, 0.05) is 31.5 Å². The van der Waals surface area contributed by atoms with Gasteiger partial charge in [-0.05, 0) is 20.2 Å². The molecule has 146 valence electrons. The van der Waals surface area contributed by atoms with Gasteiger partial charge in [0.1, 0.15) is 5.69 Å². The standard InChI is InChI=1S/C15H16N6O4.2ClH/c1-18(2)5-6-20-11-8-12(19-4-3-16-9-19)13(21(24)25)7-10(11)17-14(22)15(20)23;;/h3-4,7-9H,5-6H2,1-2H3,(H,17,22);2*1H. The molecule has 1 aromatic carbocycles. The van der Waals surface area contributed by atoms with Crippen LogP contribution in [0.25, 0.3) is 16.7 Å². The summed E-state index contributed by atoms with van der Waals surface area (Å²) >= 11 is 0. The van der Waals surface area contributed by atoms with Crippen LogP contribution in [0.5, 0.6) is 0 Å². The zero-order chi connectivity index (χ0) is 18.1. The van der Waals surface area contributed by atoms with Gasteiger partial charge < -0.3 is 19.0 Å². The number of likely N-dealkylation sites (N-methyl/N-ethyl adjacent to an activating group) is 1. The second kappa shape index (κ2) is 8.80. The first-order valence-corrected chi connectivity index (χ1v) is 7.47. The smallest absolute Gasteiger partial charge is 0.316 e. The Kier molecular flexibility index (Phi) is 7.28. The summed E-state index contributed by atoms with van der Waals surface area (Å²) in [7, 11) is 3.70. The Morgan fingerprint density at radius 1 is 1.26 bits per heavy atom. The molecule has 0 amide bonds. The minimum atomic E-state index is -0.809. The van der Waals surface area contributed by atoms with Gasteiger partial charge >= 0.3 is 11.1 Å². The molecule has 0 aliphatic carbocycles. The molecule has 0 saturated carbocycles. The average molecular weight is 417 g/mol. The van der Waals surface area contributed by atoms with Crippen molar-refractivity contribution in [3.8, 4) is 5.69 Å². The van der Waals surface area contributed by atoms with E-state index in [1.807, 2.05) is 19.0 Å². The van der Waals surface area contributed by atoms with Crippen LogP contribution < -0.4 is 11.1 Å². The molecule has 0 aliphatic heterocycles. The molecule has 3 aromatic rings. The van der Waals surface area contributed by atoms with E-state index in [0.29, 0.717) is 12.1 Å². The van der Waals surface area contributed by atoms with E-state index in [-0.39, 0.29) is 48.3 Å². The zero-order valence-electron chi connectivity index (χ0n) is 14.5. The monoisotopic (exact) mass is 416 g/mol. The number of rotatable bonds is 5. The lowest BCUT2D eigenvalue weighted by Gasteiger charge is -2.14. The summed E-state index contributed by atoms with van der Waals surface area (Å²) in [5.41, 5.74) is -0.783. The van der Waals surface area contributed by atoms with Crippen molar-refractivity contribution >= 4 is 41.5 Å². The molecule has 0 fully saturated rings. The molecule has 0 unspecified atom stereocenters. The number of nitrogens with zero attached hydrogens (tertiary/aromatic N) is 5. The maximum absolute atomic E-state index is 12.3. The van der Waals surface area contributed by atoms with Crippen molar-refractivity contribution in [1.29, 1.82) is 0 Å². The van der Waals surface area contributed by atoms with E-state index < -0.39 is 16.0 Å². The summed E-state index contributed by atoms with van der Waals surface area (Å²) in [5.74, 6) is 0. The van der Waals surface area contributed by atoms with Gasteiger partial charge in [-0.2, -0.15) is 0 Å². The summed E-state index contributed by atoms with van der Waals surface area (Å²) < 4.78 is 2.82. The third kappa shape index (κ3) is 4.35. The topological polar surface area (TPSA) is 119 Å². The highest BCUT2D eigenvalue weighted by Gasteiger charge is 2.19. The quantitative estimate of drug-likeness (QED) is 0.378. The van der Waals surface area contributed by atoms with Crippen molar-refractivity contribution in [1.82, 2.24) is 24.0 Å². The Bertz CT molecular complexity index is 1060. The molecular formula is C15H18Cl2N6O4. The van der Waals surface area contributed by atoms with E-state index >= 15 is 0 Å². The fourth-order valence-electron chi connectivity index (χ4n) is 2.57. The van der Waals surface area contributed by atoms with Gasteiger partial charge in [-0.15, -0.1) is 24.8 Å². The number of nitrogens with one attached hydrogen (secondary N) is 1. The minimum absolute atomic E-state index is 0. The van der Waals surface area contributed by atoms with Crippen LogP contribution >= 0.6 is 24.8 Å². The molecule has 0 spiro atoms. The summed E-state index contributed by atoms with van der Waals surface area (Å²) in [6, 6.07) is 2.78. The maximum Gasteiger partial charge on any atom is 0.316 e. The SMILES string of the molecule is CN(C)CCn1c(=O)c(=O)[nH]c2cc([N+](=O)[O-])c(-n3ccnc3)cc21.Cl.Cl. The first-order chi connectivity index (χ1) is 11.9. The maximum atomic E-state index is 12.3. The number of nitro benzene ring substituents is 1. The summed E-state index contributed by atoms with van der Waals surface area (Å²) in [6.07, 6.45) is 4.50. The van der Waals surface area contributed by atoms with Crippen molar-refractivity contribution in [3.05, 3.63) is 61.7 Å². The van der Waals surface area contributed by atoms with Crippen LogP contribution in [0.15, 0.2) is 40.4 Å². The van der Waals surface area contributed by atoms with E-state index in [2.05, 4.69) is 9.97 Å². The lowest BCUT2D eigenvalue weighted by molar-refractivity contribution is -0.384. The summed E-state index contributed by atoms with van der Waals surface area (Å²) in [5, 5.41) is 11.4. The van der Waals surface area contributed by atoms with Gasteiger partial charge in [-0.25, -0.2) is 4.98 Å². The third-order valence-electron chi connectivity index (χ3n) is 3.82. The van der Waals surface area contributed by atoms with Crippen molar-refractivity contribution < 1.29 is 4.92 Å². The zero-order valence-corrected chi connectivity index (χ0v) is 16.1. The fourth-order valence-corrected chi connectivity index (χ4v) is 2.57. The van der Waals surface area contributed by atoms with Gasteiger partial charge in [-0.3, -0.25) is 19.7 Å². The lowest BCUT2D eigenvalue weighted by Crippen LogP contribution is -2.38. The molecule has 0 bridgehead atoms. The number of fused-ring (bicyclic) bond motifs is 1. The average Bonchev–Trinajstić information content (AvgIpc) is 3.08. The van der Waals surface area contributed by atoms with E-state index in [1.165, 1.54) is 33.8 Å². The van der Waals surface area contributed by atoms with Crippen LogP contribution in [0.1, 0.15) is 0 Å².